The highest BCUT2D eigenvalue weighted by Gasteiger charge is 2.33. The SMILES string of the molecule is C=CCNC(=O)c1cnn(-c2nccc(-c3ccc4c(c3)OCO4)n2)c1C1CC1. The monoisotopic (exact) mass is 389 g/mol. The minimum Gasteiger partial charge on any atom is -0.454 e. The molecule has 8 heteroatoms. The largest absolute Gasteiger partial charge is 0.454 e. The summed E-state index contributed by atoms with van der Waals surface area (Å²) in [5, 5.41) is 7.25. The van der Waals surface area contributed by atoms with Crippen LogP contribution in [0.3, 0.4) is 0 Å². The Bertz CT molecular complexity index is 1100. The third-order valence-corrected chi connectivity index (χ3v) is 4.92. The normalized spacial score (nSPS) is 14.6. The molecule has 3 heterocycles. The van der Waals surface area contributed by atoms with Crippen LogP contribution in [0.2, 0.25) is 0 Å². The Kier molecular flexibility index (Phi) is 4.23. The van der Waals surface area contributed by atoms with E-state index in [0.717, 1.165) is 35.5 Å². The summed E-state index contributed by atoms with van der Waals surface area (Å²) in [7, 11) is 0. The van der Waals surface area contributed by atoms with Crippen molar-refractivity contribution in [3.63, 3.8) is 0 Å². The van der Waals surface area contributed by atoms with E-state index in [1.54, 1.807) is 23.2 Å². The van der Waals surface area contributed by atoms with Crippen LogP contribution in [0, 0.1) is 0 Å². The van der Waals surface area contributed by atoms with Crippen molar-refractivity contribution in [1.82, 2.24) is 25.1 Å². The lowest BCUT2D eigenvalue weighted by atomic mass is 10.1. The molecule has 146 valence electrons. The number of nitrogens with one attached hydrogen (secondary N) is 1. The first kappa shape index (κ1) is 17.4. The summed E-state index contributed by atoms with van der Waals surface area (Å²) in [6, 6.07) is 7.52. The maximum Gasteiger partial charge on any atom is 0.255 e. The van der Waals surface area contributed by atoms with E-state index < -0.39 is 0 Å². The van der Waals surface area contributed by atoms with Crippen LogP contribution in [-0.4, -0.2) is 39.0 Å². The zero-order chi connectivity index (χ0) is 19.8. The number of carbonyl (C=O) groups is 1. The van der Waals surface area contributed by atoms with Gasteiger partial charge in [0.1, 0.15) is 0 Å². The fourth-order valence-electron chi connectivity index (χ4n) is 3.37. The summed E-state index contributed by atoms with van der Waals surface area (Å²) in [4.78, 5) is 21.6. The van der Waals surface area contributed by atoms with Gasteiger partial charge < -0.3 is 14.8 Å². The second kappa shape index (κ2) is 7.05. The molecular weight excluding hydrogens is 370 g/mol. The Labute approximate surface area is 167 Å². The van der Waals surface area contributed by atoms with Crippen molar-refractivity contribution in [2.45, 2.75) is 18.8 Å². The highest BCUT2D eigenvalue weighted by atomic mass is 16.7. The number of benzene rings is 1. The molecule has 1 saturated carbocycles. The molecule has 1 aliphatic heterocycles. The molecule has 8 nitrogen and oxygen atoms in total. The zero-order valence-electron chi connectivity index (χ0n) is 15.7. The quantitative estimate of drug-likeness (QED) is 0.652. The summed E-state index contributed by atoms with van der Waals surface area (Å²) in [6.45, 7) is 4.27. The summed E-state index contributed by atoms with van der Waals surface area (Å²) in [5.74, 6) is 1.98. The fraction of sp³-hybridized carbons (Fsp3) is 0.238. The molecule has 0 radical (unpaired) electrons. The van der Waals surface area contributed by atoms with Crippen molar-refractivity contribution < 1.29 is 14.3 Å². The lowest BCUT2D eigenvalue weighted by molar-refractivity contribution is 0.0957. The number of aromatic nitrogens is 4. The minimum absolute atomic E-state index is 0.162. The third-order valence-electron chi connectivity index (χ3n) is 4.92. The standard InChI is InChI=1S/C21H19N5O3/c1-2-8-22-20(27)15-11-24-26(19(15)13-3-4-13)21-23-9-7-16(25-21)14-5-6-17-18(10-14)29-12-28-17/h2,5-7,9-11,13H,1,3-4,8,12H2,(H,22,27). The van der Waals surface area contributed by atoms with Gasteiger partial charge in [0.25, 0.3) is 11.9 Å². The van der Waals surface area contributed by atoms with Gasteiger partial charge in [0.2, 0.25) is 6.79 Å². The van der Waals surface area contributed by atoms with Gasteiger partial charge in [-0.25, -0.2) is 14.6 Å². The van der Waals surface area contributed by atoms with Crippen molar-refractivity contribution in [2.75, 3.05) is 13.3 Å². The predicted octanol–water partition coefficient (Wildman–Crippen LogP) is 2.85. The van der Waals surface area contributed by atoms with Crippen molar-refractivity contribution in [1.29, 1.82) is 0 Å². The average molecular weight is 389 g/mol. The number of hydrogen-bond donors (Lipinski definition) is 1. The highest BCUT2D eigenvalue weighted by Crippen LogP contribution is 2.42. The van der Waals surface area contributed by atoms with Crippen LogP contribution in [0.25, 0.3) is 17.2 Å². The fourth-order valence-corrected chi connectivity index (χ4v) is 3.37. The maximum atomic E-state index is 12.5. The van der Waals surface area contributed by atoms with E-state index in [9.17, 15) is 4.79 Å². The topological polar surface area (TPSA) is 91.2 Å². The second-order valence-corrected chi connectivity index (χ2v) is 6.94. The molecule has 29 heavy (non-hydrogen) atoms. The van der Waals surface area contributed by atoms with Gasteiger partial charge in [-0.1, -0.05) is 6.08 Å². The van der Waals surface area contributed by atoms with E-state index in [1.807, 2.05) is 24.3 Å². The van der Waals surface area contributed by atoms with E-state index in [1.165, 1.54) is 0 Å². The van der Waals surface area contributed by atoms with Gasteiger partial charge in [0.15, 0.2) is 11.5 Å². The van der Waals surface area contributed by atoms with Crippen LogP contribution in [0.4, 0.5) is 0 Å². The Morgan fingerprint density at radius 1 is 1.28 bits per heavy atom. The summed E-state index contributed by atoms with van der Waals surface area (Å²) < 4.78 is 12.5. The molecule has 2 aliphatic rings. The molecule has 1 aliphatic carbocycles. The van der Waals surface area contributed by atoms with E-state index in [4.69, 9.17) is 9.47 Å². The first-order valence-electron chi connectivity index (χ1n) is 9.45. The first-order chi connectivity index (χ1) is 14.2. The molecule has 0 atom stereocenters. The Hall–Kier alpha value is -3.68. The maximum absolute atomic E-state index is 12.5. The van der Waals surface area contributed by atoms with Crippen molar-refractivity contribution >= 4 is 5.91 Å². The second-order valence-electron chi connectivity index (χ2n) is 6.94. The number of rotatable bonds is 6. The van der Waals surface area contributed by atoms with Gasteiger partial charge >= 0.3 is 0 Å². The van der Waals surface area contributed by atoms with E-state index in [2.05, 4.69) is 27.0 Å². The molecule has 1 amide bonds. The van der Waals surface area contributed by atoms with Gasteiger partial charge in [-0.15, -0.1) is 6.58 Å². The Morgan fingerprint density at radius 2 is 2.14 bits per heavy atom. The van der Waals surface area contributed by atoms with E-state index in [0.29, 0.717) is 29.7 Å². The van der Waals surface area contributed by atoms with Gasteiger partial charge in [0.05, 0.1) is 23.1 Å². The molecule has 0 bridgehead atoms. The highest BCUT2D eigenvalue weighted by molar-refractivity contribution is 5.95. The number of amides is 1. The Morgan fingerprint density at radius 3 is 2.97 bits per heavy atom. The van der Waals surface area contributed by atoms with Gasteiger partial charge in [-0.2, -0.15) is 5.10 Å². The number of carbonyl (C=O) groups excluding carboxylic acids is 1. The molecule has 1 N–H and O–H groups in total. The number of hydrogen-bond acceptors (Lipinski definition) is 6. The third kappa shape index (κ3) is 3.22. The lowest BCUT2D eigenvalue weighted by Gasteiger charge is -2.09. The molecular formula is C21H19N5O3. The van der Waals surface area contributed by atoms with Crippen LogP contribution in [-0.2, 0) is 0 Å². The van der Waals surface area contributed by atoms with Crippen molar-refractivity contribution in [2.24, 2.45) is 0 Å². The zero-order valence-corrected chi connectivity index (χ0v) is 15.7. The smallest absolute Gasteiger partial charge is 0.255 e. The molecule has 0 saturated heterocycles. The van der Waals surface area contributed by atoms with Crippen LogP contribution >= 0.6 is 0 Å². The summed E-state index contributed by atoms with van der Waals surface area (Å²) >= 11 is 0. The molecule has 5 rings (SSSR count). The summed E-state index contributed by atoms with van der Waals surface area (Å²) in [6.07, 6.45) is 6.97. The molecule has 1 fully saturated rings. The number of nitrogens with zero attached hydrogens (tertiary/aromatic N) is 4. The Balaban J connectivity index is 1.52. The summed E-state index contributed by atoms with van der Waals surface area (Å²) in [5.41, 5.74) is 3.05. The predicted molar refractivity (Wildman–Crippen MR) is 105 cm³/mol. The van der Waals surface area contributed by atoms with Crippen LogP contribution < -0.4 is 14.8 Å². The van der Waals surface area contributed by atoms with E-state index in [-0.39, 0.29) is 12.7 Å². The van der Waals surface area contributed by atoms with Crippen LogP contribution in [0.5, 0.6) is 11.5 Å². The number of ether oxygens (including phenoxy) is 2. The molecule has 0 unspecified atom stereocenters. The van der Waals surface area contributed by atoms with Gasteiger partial charge in [0, 0.05) is 24.2 Å². The van der Waals surface area contributed by atoms with Crippen LogP contribution in [0.15, 0.2) is 49.3 Å². The van der Waals surface area contributed by atoms with E-state index >= 15 is 0 Å². The number of fused-ring (bicyclic) bond motifs is 1. The molecule has 1 aromatic carbocycles. The first-order valence-corrected chi connectivity index (χ1v) is 9.45. The van der Waals surface area contributed by atoms with Crippen molar-refractivity contribution in [3.8, 4) is 28.7 Å². The average Bonchev–Trinajstić information content (AvgIpc) is 3.31. The molecule has 3 aromatic rings. The van der Waals surface area contributed by atoms with Crippen molar-refractivity contribution in [3.05, 3.63) is 60.6 Å². The molecule has 2 aromatic heterocycles. The van der Waals surface area contributed by atoms with Gasteiger partial charge in [-0.3, -0.25) is 4.79 Å². The molecule has 0 spiro atoms. The van der Waals surface area contributed by atoms with Crippen LogP contribution in [0.1, 0.15) is 34.8 Å². The van der Waals surface area contributed by atoms with Gasteiger partial charge in [-0.05, 0) is 37.1 Å². The lowest BCUT2D eigenvalue weighted by Crippen LogP contribution is -2.24. The minimum atomic E-state index is -0.162.